The minimum atomic E-state index is 0.562. The first kappa shape index (κ1) is 35.2. The van der Waals surface area contributed by atoms with Gasteiger partial charge in [-0.25, -0.2) is 4.98 Å². The van der Waals surface area contributed by atoms with Crippen LogP contribution >= 0.6 is 0 Å². The smallest absolute Gasteiger partial charge is 0.238 e. The molecule has 0 saturated heterocycles. The second-order valence-corrected chi connectivity index (χ2v) is 16.0. The number of fused-ring (bicyclic) bond motifs is 9. The molecule has 0 fully saturated rings. The molecule has 6 nitrogen and oxygen atoms in total. The molecule has 0 aliphatic heterocycles. The van der Waals surface area contributed by atoms with Crippen LogP contribution in [0.15, 0.2) is 218 Å². The van der Waals surface area contributed by atoms with E-state index in [0.717, 1.165) is 60.9 Å². The standard InChI is InChI=1S/C57H36N6/c1-3-16-37(17-4-1)38-30-32-40(33-31-38)56-58-55(39-18-5-2-6-19-39)59-57(60-56)63-50-27-14-10-23-45(50)54-52(28-15-29-53(54)63)62-49-26-13-9-22-44(49)46-36-41(34-35-51(46)62)61-47-24-11-7-20-42(47)43-21-8-12-25-48(43)61/h1-36H. The van der Waals surface area contributed by atoms with Crippen molar-refractivity contribution in [3.05, 3.63) is 218 Å². The summed E-state index contributed by atoms with van der Waals surface area (Å²) in [7, 11) is 0. The molecule has 0 bridgehead atoms. The van der Waals surface area contributed by atoms with E-state index in [9.17, 15) is 0 Å². The Balaban J connectivity index is 1.03. The van der Waals surface area contributed by atoms with Gasteiger partial charge in [-0.05, 0) is 65.7 Å². The quantitative estimate of drug-likeness (QED) is 0.168. The highest BCUT2D eigenvalue weighted by molar-refractivity contribution is 6.17. The summed E-state index contributed by atoms with van der Waals surface area (Å²) in [6.07, 6.45) is 0. The van der Waals surface area contributed by atoms with Gasteiger partial charge in [0.2, 0.25) is 5.95 Å². The van der Waals surface area contributed by atoms with Crippen molar-refractivity contribution in [2.24, 2.45) is 0 Å². The zero-order valence-electron chi connectivity index (χ0n) is 34.0. The van der Waals surface area contributed by atoms with Gasteiger partial charge < -0.3 is 9.13 Å². The van der Waals surface area contributed by atoms with Crippen LogP contribution in [0.2, 0.25) is 0 Å². The molecule has 13 aromatic rings. The molecule has 13 rings (SSSR count). The van der Waals surface area contributed by atoms with Crippen LogP contribution in [0, 0.1) is 0 Å². The molecule has 4 aromatic heterocycles. The van der Waals surface area contributed by atoms with Crippen molar-refractivity contribution in [3.63, 3.8) is 0 Å². The average Bonchev–Trinajstić information content (AvgIpc) is 4.00. The van der Waals surface area contributed by atoms with Crippen molar-refractivity contribution in [2.45, 2.75) is 0 Å². The molecule has 0 amide bonds. The molecule has 0 radical (unpaired) electrons. The Hall–Kier alpha value is -8.61. The number of hydrogen-bond donors (Lipinski definition) is 0. The van der Waals surface area contributed by atoms with Crippen LogP contribution in [-0.4, -0.2) is 28.7 Å². The van der Waals surface area contributed by atoms with Gasteiger partial charge in [0.15, 0.2) is 11.6 Å². The molecular formula is C57H36N6. The number of rotatable bonds is 6. The molecule has 4 heterocycles. The molecule has 9 aromatic carbocycles. The van der Waals surface area contributed by atoms with Crippen molar-refractivity contribution in [3.8, 4) is 51.2 Å². The molecular weight excluding hydrogens is 769 g/mol. The van der Waals surface area contributed by atoms with Gasteiger partial charge in [0, 0.05) is 49.1 Å². The minimum absolute atomic E-state index is 0.562. The van der Waals surface area contributed by atoms with Crippen molar-refractivity contribution in [1.82, 2.24) is 28.7 Å². The first-order valence-electron chi connectivity index (χ1n) is 21.3. The Morgan fingerprint density at radius 1 is 0.270 bits per heavy atom. The third-order valence-corrected chi connectivity index (χ3v) is 12.5. The summed E-state index contributed by atoms with van der Waals surface area (Å²) < 4.78 is 7.04. The maximum atomic E-state index is 5.28. The van der Waals surface area contributed by atoms with E-state index < -0.39 is 0 Å². The lowest BCUT2D eigenvalue weighted by atomic mass is 10.0. The van der Waals surface area contributed by atoms with Crippen LogP contribution in [0.5, 0.6) is 0 Å². The normalized spacial score (nSPS) is 11.8. The molecule has 6 heteroatoms. The van der Waals surface area contributed by atoms with Crippen LogP contribution in [0.3, 0.4) is 0 Å². The third-order valence-electron chi connectivity index (χ3n) is 12.5. The fraction of sp³-hybridized carbons (Fsp3) is 0. The largest absolute Gasteiger partial charge is 0.309 e. The van der Waals surface area contributed by atoms with E-state index in [2.05, 4.69) is 208 Å². The first-order chi connectivity index (χ1) is 31.3. The third kappa shape index (κ3) is 5.48. The van der Waals surface area contributed by atoms with Crippen LogP contribution < -0.4 is 0 Å². The Bertz CT molecular complexity index is 3840. The summed E-state index contributed by atoms with van der Waals surface area (Å²) in [5.41, 5.74) is 13.1. The van der Waals surface area contributed by atoms with E-state index in [0.29, 0.717) is 17.6 Å². The number of aromatic nitrogens is 6. The van der Waals surface area contributed by atoms with E-state index in [4.69, 9.17) is 15.0 Å². The summed E-state index contributed by atoms with van der Waals surface area (Å²) in [5.74, 6) is 1.79. The van der Waals surface area contributed by atoms with Gasteiger partial charge in [0.1, 0.15) is 0 Å². The van der Waals surface area contributed by atoms with E-state index in [-0.39, 0.29) is 0 Å². The van der Waals surface area contributed by atoms with Gasteiger partial charge >= 0.3 is 0 Å². The van der Waals surface area contributed by atoms with Crippen molar-refractivity contribution >= 4 is 65.4 Å². The first-order valence-corrected chi connectivity index (χ1v) is 21.3. The van der Waals surface area contributed by atoms with E-state index >= 15 is 0 Å². The predicted octanol–water partition coefficient (Wildman–Crippen LogP) is 14.2. The zero-order chi connectivity index (χ0) is 41.4. The molecule has 0 spiro atoms. The second-order valence-electron chi connectivity index (χ2n) is 16.0. The number of para-hydroxylation sites is 4. The van der Waals surface area contributed by atoms with Crippen LogP contribution in [0.25, 0.3) is 117 Å². The van der Waals surface area contributed by atoms with Gasteiger partial charge in [-0.1, -0.05) is 164 Å². The number of nitrogens with zero attached hydrogens (tertiary/aromatic N) is 6. The van der Waals surface area contributed by atoms with Crippen molar-refractivity contribution in [2.75, 3.05) is 0 Å². The summed E-state index contributed by atoms with van der Waals surface area (Å²) in [6.45, 7) is 0. The molecule has 294 valence electrons. The molecule has 0 atom stereocenters. The molecule has 0 saturated carbocycles. The fourth-order valence-corrected chi connectivity index (χ4v) is 9.71. The topological polar surface area (TPSA) is 53.5 Å². The van der Waals surface area contributed by atoms with Crippen molar-refractivity contribution in [1.29, 1.82) is 0 Å². The van der Waals surface area contributed by atoms with Gasteiger partial charge in [-0.2, -0.15) is 9.97 Å². The minimum Gasteiger partial charge on any atom is -0.309 e. The summed E-state index contributed by atoms with van der Waals surface area (Å²) in [4.78, 5) is 15.6. The lowest BCUT2D eigenvalue weighted by Gasteiger charge is -2.13. The predicted molar refractivity (Wildman–Crippen MR) is 259 cm³/mol. The Morgan fingerprint density at radius 3 is 1.35 bits per heavy atom. The number of benzene rings is 9. The highest BCUT2D eigenvalue weighted by Gasteiger charge is 2.23. The zero-order valence-corrected chi connectivity index (χ0v) is 34.0. The van der Waals surface area contributed by atoms with E-state index in [1.165, 1.54) is 38.1 Å². The van der Waals surface area contributed by atoms with Crippen LogP contribution in [0.1, 0.15) is 0 Å². The van der Waals surface area contributed by atoms with Crippen molar-refractivity contribution < 1.29 is 0 Å². The van der Waals surface area contributed by atoms with E-state index in [1.807, 2.05) is 24.3 Å². The maximum absolute atomic E-state index is 5.28. The lowest BCUT2D eigenvalue weighted by Crippen LogP contribution is -2.06. The Kier molecular flexibility index (Phi) is 7.80. The second kappa shape index (κ2) is 14.0. The molecule has 0 N–H and O–H groups in total. The Morgan fingerprint density at radius 2 is 0.714 bits per heavy atom. The molecule has 0 aliphatic rings. The summed E-state index contributed by atoms with van der Waals surface area (Å²) in [6, 6.07) is 77.4. The average molecular weight is 805 g/mol. The van der Waals surface area contributed by atoms with Crippen LogP contribution in [-0.2, 0) is 0 Å². The van der Waals surface area contributed by atoms with E-state index in [1.54, 1.807) is 0 Å². The highest BCUT2D eigenvalue weighted by atomic mass is 15.2. The molecule has 0 unspecified atom stereocenters. The number of hydrogen-bond acceptors (Lipinski definition) is 3. The SMILES string of the molecule is c1ccc(-c2ccc(-c3nc(-c4ccccc4)nc(-n4c5ccccc5c5c(-n6c7ccccc7c7cc(-n8c9ccccc9c9ccccc98)ccc76)cccc54)n3)cc2)cc1. The monoisotopic (exact) mass is 804 g/mol. The van der Waals surface area contributed by atoms with Crippen LogP contribution in [0.4, 0.5) is 0 Å². The fourth-order valence-electron chi connectivity index (χ4n) is 9.71. The molecule has 63 heavy (non-hydrogen) atoms. The molecule has 0 aliphatic carbocycles. The Labute approximate surface area is 362 Å². The van der Waals surface area contributed by atoms with Gasteiger partial charge in [-0.3, -0.25) is 4.57 Å². The summed E-state index contributed by atoms with van der Waals surface area (Å²) in [5, 5.41) is 7.13. The highest BCUT2D eigenvalue weighted by Crippen LogP contribution is 2.41. The van der Waals surface area contributed by atoms with Gasteiger partial charge in [0.25, 0.3) is 0 Å². The maximum Gasteiger partial charge on any atom is 0.238 e. The van der Waals surface area contributed by atoms with Gasteiger partial charge in [-0.15, -0.1) is 0 Å². The lowest BCUT2D eigenvalue weighted by molar-refractivity contribution is 0.953. The van der Waals surface area contributed by atoms with Gasteiger partial charge in [0.05, 0.1) is 38.8 Å². The summed E-state index contributed by atoms with van der Waals surface area (Å²) >= 11 is 0.